The summed E-state index contributed by atoms with van der Waals surface area (Å²) < 4.78 is 2.51. The van der Waals surface area contributed by atoms with Crippen molar-refractivity contribution in [2.24, 2.45) is 5.92 Å². The highest BCUT2D eigenvalue weighted by Crippen LogP contribution is 2.44. The Balaban J connectivity index is 1.82. The zero-order chi connectivity index (χ0) is 17.4. The molecule has 0 bridgehead atoms. The molecule has 4 rings (SSSR count). The molecule has 4 heteroatoms. The van der Waals surface area contributed by atoms with E-state index >= 15 is 0 Å². The van der Waals surface area contributed by atoms with Crippen molar-refractivity contribution in [3.8, 4) is 0 Å². The lowest BCUT2D eigenvalue weighted by atomic mass is 9.70. The summed E-state index contributed by atoms with van der Waals surface area (Å²) in [6, 6.07) is 5.15. The first-order valence-electron chi connectivity index (χ1n) is 9.46. The smallest absolute Gasteiger partial charge is 0.0543 e. The van der Waals surface area contributed by atoms with E-state index in [1.54, 1.807) is 16.7 Å². The molecular formula is C21H26Br2N2. The molecule has 2 heterocycles. The quantitative estimate of drug-likeness (QED) is 0.587. The summed E-state index contributed by atoms with van der Waals surface area (Å²) in [6.07, 6.45) is 10.6. The summed E-state index contributed by atoms with van der Waals surface area (Å²) >= 11 is 7.58. The molecule has 1 fully saturated rings. The van der Waals surface area contributed by atoms with E-state index < -0.39 is 0 Å². The number of rotatable bonds is 1. The zero-order valence-electron chi connectivity index (χ0n) is 14.7. The molecule has 0 aromatic heterocycles. The lowest BCUT2D eigenvalue weighted by molar-refractivity contribution is 0.282. The third-order valence-corrected chi connectivity index (χ3v) is 7.66. The highest BCUT2D eigenvalue weighted by Gasteiger charge is 2.37. The Labute approximate surface area is 167 Å². The molecule has 2 unspecified atom stereocenters. The summed E-state index contributed by atoms with van der Waals surface area (Å²) in [5.74, 6) is 1.29. The molecule has 0 saturated carbocycles. The van der Waals surface area contributed by atoms with Gasteiger partial charge >= 0.3 is 0 Å². The van der Waals surface area contributed by atoms with Crippen LogP contribution in [0.25, 0.3) is 0 Å². The second-order valence-corrected chi connectivity index (χ2v) is 9.33. The first kappa shape index (κ1) is 17.8. The highest BCUT2D eigenvalue weighted by molar-refractivity contribution is 9.12. The van der Waals surface area contributed by atoms with Crippen molar-refractivity contribution < 1.29 is 0 Å². The van der Waals surface area contributed by atoms with Crippen LogP contribution in [0, 0.1) is 12.8 Å². The Morgan fingerprint density at radius 3 is 2.68 bits per heavy atom. The van der Waals surface area contributed by atoms with E-state index in [1.165, 1.54) is 46.6 Å². The molecule has 25 heavy (non-hydrogen) atoms. The third kappa shape index (κ3) is 3.50. The van der Waals surface area contributed by atoms with Gasteiger partial charge in [0.2, 0.25) is 0 Å². The van der Waals surface area contributed by atoms with Gasteiger partial charge in [-0.05, 0) is 102 Å². The van der Waals surface area contributed by atoms with Crippen LogP contribution in [-0.4, -0.2) is 19.1 Å². The molecule has 1 aliphatic carbocycles. The Kier molecular flexibility index (Phi) is 5.40. The fraction of sp³-hybridized carbons (Fsp3) is 0.524. The van der Waals surface area contributed by atoms with Crippen LogP contribution in [0.3, 0.4) is 0 Å². The van der Waals surface area contributed by atoms with Crippen LogP contribution < -0.4 is 10.6 Å². The van der Waals surface area contributed by atoms with Crippen molar-refractivity contribution in [1.29, 1.82) is 0 Å². The Morgan fingerprint density at radius 1 is 1.08 bits per heavy atom. The van der Waals surface area contributed by atoms with E-state index in [0.717, 1.165) is 19.0 Å². The third-order valence-electron chi connectivity index (χ3n) is 6.10. The largest absolute Gasteiger partial charge is 0.383 e. The van der Waals surface area contributed by atoms with Gasteiger partial charge in [0.15, 0.2) is 0 Å². The summed E-state index contributed by atoms with van der Waals surface area (Å²) in [7, 11) is 0. The number of halogens is 2. The van der Waals surface area contributed by atoms with Crippen LogP contribution in [0.1, 0.15) is 48.3 Å². The van der Waals surface area contributed by atoms with Crippen LogP contribution in [0.4, 0.5) is 0 Å². The topological polar surface area (TPSA) is 24.1 Å². The van der Waals surface area contributed by atoms with Crippen LogP contribution in [0.5, 0.6) is 0 Å². The lowest BCUT2D eigenvalue weighted by Crippen LogP contribution is -2.43. The molecule has 0 spiro atoms. The van der Waals surface area contributed by atoms with E-state index in [1.807, 2.05) is 0 Å². The summed E-state index contributed by atoms with van der Waals surface area (Å²) in [4.78, 5) is 0. The van der Waals surface area contributed by atoms with Crippen molar-refractivity contribution in [3.05, 3.63) is 55.6 Å². The normalized spacial score (nSPS) is 27.2. The van der Waals surface area contributed by atoms with Gasteiger partial charge in [0.05, 0.1) is 6.04 Å². The maximum atomic E-state index is 3.91. The molecule has 1 saturated heterocycles. The second-order valence-electron chi connectivity index (χ2n) is 7.62. The molecule has 2 nitrogen and oxygen atoms in total. The lowest BCUT2D eigenvalue weighted by Gasteiger charge is -2.41. The summed E-state index contributed by atoms with van der Waals surface area (Å²) in [5, 5.41) is 7.29. The van der Waals surface area contributed by atoms with Crippen molar-refractivity contribution >= 4 is 31.9 Å². The zero-order valence-corrected chi connectivity index (χ0v) is 17.9. The number of piperidine rings is 1. The van der Waals surface area contributed by atoms with E-state index in [-0.39, 0.29) is 0 Å². The fourth-order valence-corrected chi connectivity index (χ4v) is 5.83. The fourth-order valence-electron chi connectivity index (χ4n) is 4.84. The van der Waals surface area contributed by atoms with Crippen molar-refractivity contribution in [2.45, 2.75) is 51.0 Å². The minimum absolute atomic E-state index is 0.429. The predicted molar refractivity (Wildman–Crippen MR) is 112 cm³/mol. The Morgan fingerprint density at radius 2 is 1.88 bits per heavy atom. The number of hydrogen-bond acceptors (Lipinski definition) is 2. The Hall–Kier alpha value is -0.580. The molecule has 1 aromatic rings. The predicted octanol–water partition coefficient (Wildman–Crippen LogP) is 5.31. The van der Waals surface area contributed by atoms with Gasteiger partial charge in [0.1, 0.15) is 0 Å². The van der Waals surface area contributed by atoms with Crippen LogP contribution in [-0.2, 0) is 6.42 Å². The van der Waals surface area contributed by atoms with E-state index in [0.29, 0.717) is 12.0 Å². The first-order valence-corrected chi connectivity index (χ1v) is 11.0. The minimum atomic E-state index is 0.429. The Bertz CT molecular complexity index is 717. The number of hydrogen-bond donors (Lipinski definition) is 2. The first-order chi connectivity index (χ1) is 12.1. The molecular weight excluding hydrogens is 440 g/mol. The molecule has 0 radical (unpaired) electrons. The van der Waals surface area contributed by atoms with E-state index in [4.69, 9.17) is 0 Å². The summed E-state index contributed by atoms with van der Waals surface area (Å²) in [5.41, 5.74) is 6.05. The molecule has 2 N–H and O–H groups in total. The van der Waals surface area contributed by atoms with E-state index in [9.17, 15) is 0 Å². The monoisotopic (exact) mass is 464 g/mol. The summed E-state index contributed by atoms with van der Waals surface area (Å²) in [6.45, 7) is 4.51. The van der Waals surface area contributed by atoms with Crippen molar-refractivity contribution in [1.82, 2.24) is 10.6 Å². The maximum Gasteiger partial charge on any atom is 0.0543 e. The van der Waals surface area contributed by atoms with Crippen molar-refractivity contribution in [3.63, 3.8) is 0 Å². The minimum Gasteiger partial charge on any atom is -0.383 e. The van der Waals surface area contributed by atoms with Crippen LogP contribution in [0.15, 0.2) is 38.9 Å². The number of dihydropyridines is 1. The number of nitrogens with one attached hydrogen (secondary N) is 2. The van der Waals surface area contributed by atoms with Crippen LogP contribution >= 0.6 is 31.9 Å². The highest BCUT2D eigenvalue weighted by atomic mass is 79.9. The van der Waals surface area contributed by atoms with Gasteiger partial charge in [0.25, 0.3) is 0 Å². The van der Waals surface area contributed by atoms with Gasteiger partial charge in [-0.15, -0.1) is 0 Å². The average molecular weight is 466 g/mol. The van der Waals surface area contributed by atoms with Crippen LogP contribution in [0.2, 0.25) is 0 Å². The number of benzene rings is 1. The molecule has 2 aliphatic heterocycles. The molecule has 2 atom stereocenters. The molecule has 3 aliphatic rings. The van der Waals surface area contributed by atoms with E-state index in [2.05, 4.69) is 73.8 Å². The molecule has 0 amide bonds. The van der Waals surface area contributed by atoms with Gasteiger partial charge < -0.3 is 10.6 Å². The molecule has 134 valence electrons. The van der Waals surface area contributed by atoms with Gasteiger partial charge in [-0.3, -0.25) is 0 Å². The SMILES string of the molecule is Cc1ccc2c(c1Br)CCCC1=CC(Br)=CNC1C2C1CCNCC1. The van der Waals surface area contributed by atoms with Gasteiger partial charge in [-0.25, -0.2) is 0 Å². The number of fused-ring (bicyclic) bond motifs is 2. The standard InChI is InChI=1S/C21H26Br2N2/c1-13-5-6-17-18(20(13)23)4-2-3-15-11-16(22)12-25-21(15)19(17)14-7-9-24-10-8-14/h5-6,11-12,14,19,21,24-25H,2-4,7-10H2,1H3. The van der Waals surface area contributed by atoms with Gasteiger partial charge in [-0.1, -0.05) is 28.1 Å². The second kappa shape index (κ2) is 7.58. The average Bonchev–Trinajstić information content (AvgIpc) is 2.61. The maximum absolute atomic E-state index is 3.91. The molecule has 1 aromatic carbocycles. The van der Waals surface area contributed by atoms with Gasteiger partial charge in [-0.2, -0.15) is 0 Å². The number of aryl methyl sites for hydroxylation is 1. The van der Waals surface area contributed by atoms with Crippen molar-refractivity contribution in [2.75, 3.05) is 13.1 Å². The number of allylic oxidation sites excluding steroid dienone is 2. The van der Waals surface area contributed by atoms with Gasteiger partial charge in [0, 0.05) is 21.1 Å².